The summed E-state index contributed by atoms with van der Waals surface area (Å²) in [6.07, 6.45) is -7.74. The van der Waals surface area contributed by atoms with Gasteiger partial charge in [0.25, 0.3) is 0 Å². The number of ether oxygens (including phenoxy) is 1. The number of carbonyl (C=O) groups is 1. The zero-order valence-electron chi connectivity index (χ0n) is 22.1. The minimum Gasteiger partial charge on any atom is -0.409 e. The van der Waals surface area contributed by atoms with Crippen molar-refractivity contribution in [3.05, 3.63) is 0 Å². The molecule has 1 fully saturated rings. The molecule has 14 heteroatoms. The Labute approximate surface area is 209 Å². The fourth-order valence-electron chi connectivity index (χ4n) is 3.64. The van der Waals surface area contributed by atoms with E-state index >= 15 is 0 Å². The second kappa shape index (κ2) is 11.6. The van der Waals surface area contributed by atoms with Crippen LogP contribution in [0.25, 0.3) is 0 Å². The summed E-state index contributed by atoms with van der Waals surface area (Å²) in [5, 5.41) is 12.4. The van der Waals surface area contributed by atoms with Crippen molar-refractivity contribution >= 4 is 42.6 Å². The molecule has 0 aromatic carbocycles. The number of aliphatic hydroxyl groups is 1. The van der Waals surface area contributed by atoms with Crippen LogP contribution < -0.4 is 5.32 Å². The van der Waals surface area contributed by atoms with Crippen LogP contribution in [0, 0.1) is 0 Å². The first kappa shape index (κ1) is 32.1. The third kappa shape index (κ3) is 10.2. The van der Waals surface area contributed by atoms with Crippen LogP contribution in [-0.2, 0) is 22.8 Å². The maximum Gasteiger partial charge on any atom is 0.471 e. The van der Waals surface area contributed by atoms with Gasteiger partial charge in [-0.05, 0) is 72.1 Å². The Morgan fingerprint density at radius 2 is 1.32 bits per heavy atom. The summed E-state index contributed by atoms with van der Waals surface area (Å²) in [7, 11) is -6.59. The summed E-state index contributed by atoms with van der Waals surface area (Å²) in [5.41, 5.74) is -0.594. The first-order chi connectivity index (χ1) is 15.1. The van der Waals surface area contributed by atoms with Gasteiger partial charge in [-0.25, -0.2) is 0 Å². The summed E-state index contributed by atoms with van der Waals surface area (Å²) in [6.45, 7) is 19.4. The zero-order valence-corrected chi connectivity index (χ0v) is 25.9. The van der Waals surface area contributed by atoms with E-state index in [-0.39, 0.29) is 0 Å². The van der Waals surface area contributed by atoms with Gasteiger partial charge in [-0.1, -0.05) is 0 Å². The number of alkyl halides is 3. The predicted octanol–water partition coefficient (Wildman–Crippen LogP) is 4.16. The summed E-state index contributed by atoms with van der Waals surface area (Å²) in [4.78, 5) is 11.8. The molecule has 7 nitrogen and oxygen atoms in total. The van der Waals surface area contributed by atoms with E-state index in [4.69, 9.17) is 18.0 Å². The van der Waals surface area contributed by atoms with Crippen LogP contribution in [-0.4, -0.2) is 90.4 Å². The molecule has 4 unspecified atom stereocenters. The van der Waals surface area contributed by atoms with Gasteiger partial charge in [0.2, 0.25) is 0 Å². The smallest absolute Gasteiger partial charge is 0.409 e. The van der Waals surface area contributed by atoms with Gasteiger partial charge in [-0.15, -0.1) is 11.8 Å². The van der Waals surface area contributed by atoms with E-state index < -0.39 is 79.0 Å². The van der Waals surface area contributed by atoms with Crippen LogP contribution in [0.4, 0.5) is 13.2 Å². The highest BCUT2D eigenvalue weighted by molar-refractivity contribution is 7.99. The molecule has 1 aliphatic heterocycles. The molecule has 0 aliphatic carbocycles. The normalized spacial score (nSPS) is 29.0. The molecule has 202 valence electrons. The number of aliphatic hydroxyl groups excluding tert-OH is 1. The molecular weight excluding hydrogens is 524 g/mol. The van der Waals surface area contributed by atoms with E-state index in [9.17, 15) is 23.1 Å². The summed E-state index contributed by atoms with van der Waals surface area (Å²) < 4.78 is 65.2. The number of halogens is 3. The largest absolute Gasteiger partial charge is 0.471 e. The average molecular weight is 566 g/mol. The first-order valence-electron chi connectivity index (χ1n) is 11.3. The average Bonchev–Trinajstić information content (AvgIpc) is 2.58. The zero-order chi connectivity index (χ0) is 26.9. The van der Waals surface area contributed by atoms with E-state index in [2.05, 4.69) is 0 Å². The second-order valence-corrected chi connectivity index (χ2v) is 25.8. The number of hydrogen-bond acceptors (Lipinski definition) is 7. The number of rotatable bonds is 10. The summed E-state index contributed by atoms with van der Waals surface area (Å²) in [6, 6.07) is -1.37. The van der Waals surface area contributed by atoms with Crippen LogP contribution in [0.2, 0.25) is 58.9 Å². The van der Waals surface area contributed by atoms with E-state index in [0.717, 1.165) is 0 Å². The Kier molecular flexibility index (Phi) is 11.0. The lowest BCUT2D eigenvalue weighted by Gasteiger charge is -2.52. The number of thioether (sulfide) groups is 1. The monoisotopic (exact) mass is 565 g/mol. The molecule has 1 heterocycles. The van der Waals surface area contributed by atoms with Crippen molar-refractivity contribution < 1.29 is 41.1 Å². The van der Waals surface area contributed by atoms with Gasteiger partial charge >= 0.3 is 12.1 Å². The molecule has 0 saturated carbocycles. The summed E-state index contributed by atoms with van der Waals surface area (Å²) >= 11 is 1.35. The molecule has 0 aromatic heterocycles. The molecule has 1 saturated heterocycles. The van der Waals surface area contributed by atoms with Crippen molar-refractivity contribution in [2.45, 2.75) is 114 Å². The Bertz CT molecular complexity index is 682. The molecule has 0 aromatic rings. The molecule has 0 radical (unpaired) electrons. The Hall–Kier alpha value is 0.0606. The maximum atomic E-state index is 13.1. The highest BCUT2D eigenvalue weighted by atomic mass is 32.2. The SMILES string of the molecule is CSC1O[C@H]([C@H](NC(=O)C(F)(F)F)[C@@H](C)O)C(O[Si](C)(C)C)C(O[Si](C)(C)C)C1O[Si](C)(C)C. The van der Waals surface area contributed by atoms with Crippen molar-refractivity contribution in [2.24, 2.45) is 0 Å². The van der Waals surface area contributed by atoms with Gasteiger partial charge in [0.05, 0.1) is 12.1 Å². The van der Waals surface area contributed by atoms with Gasteiger partial charge in [-0.2, -0.15) is 13.2 Å². The molecule has 1 rings (SSSR count). The van der Waals surface area contributed by atoms with E-state index in [0.29, 0.717) is 0 Å². The van der Waals surface area contributed by atoms with E-state index in [1.807, 2.05) is 70.5 Å². The van der Waals surface area contributed by atoms with Crippen molar-refractivity contribution in [1.82, 2.24) is 5.32 Å². The Morgan fingerprint density at radius 3 is 1.68 bits per heavy atom. The third-order valence-corrected chi connectivity index (χ3v) is 8.44. The fourth-order valence-corrected chi connectivity index (χ4v) is 7.70. The lowest BCUT2D eigenvalue weighted by molar-refractivity contribution is -0.202. The van der Waals surface area contributed by atoms with Crippen molar-refractivity contribution in [2.75, 3.05) is 6.26 Å². The number of carbonyl (C=O) groups excluding carboxylic acids is 1. The lowest BCUT2D eigenvalue weighted by Crippen LogP contribution is -2.69. The highest BCUT2D eigenvalue weighted by Gasteiger charge is 2.55. The van der Waals surface area contributed by atoms with E-state index in [1.165, 1.54) is 18.7 Å². The number of amides is 1. The summed E-state index contributed by atoms with van der Waals surface area (Å²) in [5.74, 6) is -2.14. The molecule has 34 heavy (non-hydrogen) atoms. The van der Waals surface area contributed by atoms with Crippen LogP contribution in [0.3, 0.4) is 0 Å². The topological polar surface area (TPSA) is 86.3 Å². The molecule has 2 N–H and O–H groups in total. The van der Waals surface area contributed by atoms with Gasteiger partial charge in [-0.3, -0.25) is 4.79 Å². The predicted molar refractivity (Wildman–Crippen MR) is 136 cm³/mol. The lowest BCUT2D eigenvalue weighted by atomic mass is 9.92. The molecule has 1 amide bonds. The third-order valence-electron chi connectivity index (χ3n) is 4.66. The number of hydrogen-bond donors (Lipinski definition) is 2. The Balaban J connectivity index is 3.62. The van der Waals surface area contributed by atoms with Gasteiger partial charge in [0.1, 0.15) is 29.9 Å². The molecular formula is C20H42F3NO6SSi3. The van der Waals surface area contributed by atoms with Crippen molar-refractivity contribution in [3.63, 3.8) is 0 Å². The quantitative estimate of drug-likeness (QED) is 0.385. The molecule has 1 aliphatic rings. The van der Waals surface area contributed by atoms with Gasteiger partial charge in [0, 0.05) is 0 Å². The van der Waals surface area contributed by atoms with Crippen LogP contribution in [0.1, 0.15) is 6.92 Å². The molecule has 0 spiro atoms. The van der Waals surface area contributed by atoms with Crippen molar-refractivity contribution in [1.29, 1.82) is 0 Å². The molecule has 0 bridgehead atoms. The van der Waals surface area contributed by atoms with Gasteiger partial charge in [0.15, 0.2) is 25.0 Å². The Morgan fingerprint density at radius 1 is 0.912 bits per heavy atom. The van der Waals surface area contributed by atoms with Crippen molar-refractivity contribution in [3.8, 4) is 0 Å². The second-order valence-electron chi connectivity index (χ2n) is 11.5. The minimum atomic E-state index is -5.10. The van der Waals surface area contributed by atoms with Crippen LogP contribution in [0.15, 0.2) is 0 Å². The van der Waals surface area contributed by atoms with E-state index in [1.54, 1.807) is 0 Å². The van der Waals surface area contributed by atoms with Crippen LogP contribution in [0.5, 0.6) is 0 Å². The number of nitrogens with one attached hydrogen (secondary N) is 1. The van der Waals surface area contributed by atoms with Gasteiger partial charge < -0.3 is 28.4 Å². The van der Waals surface area contributed by atoms with Crippen LogP contribution >= 0.6 is 11.8 Å². The first-order valence-corrected chi connectivity index (χ1v) is 22.8. The maximum absolute atomic E-state index is 13.1. The molecule has 7 atom stereocenters. The fraction of sp³-hybridized carbons (Fsp3) is 0.950. The standard InChI is InChI=1S/C20H42F3NO6SSi3/c1-12(25)13(24-19(26)20(21,22)23)14-15(28-32(3,4)5)16(29-33(6,7)8)17(18(27-14)31-2)30-34(9,10)11/h12-18,25H,1-11H3,(H,24,26)/t12-,13-,14-,15?,16?,17?,18?/m1/s1. The highest BCUT2D eigenvalue weighted by Crippen LogP contribution is 2.38. The minimum absolute atomic E-state index is 0.529.